The summed E-state index contributed by atoms with van der Waals surface area (Å²) >= 11 is 1.48. The van der Waals surface area contributed by atoms with E-state index in [-0.39, 0.29) is 6.42 Å². The second-order valence-electron chi connectivity index (χ2n) is 3.94. The molecule has 2 heterocycles. The molecule has 0 amide bonds. The molecule has 0 fully saturated rings. The van der Waals surface area contributed by atoms with Crippen molar-refractivity contribution in [3.05, 3.63) is 23.5 Å². The molecule has 0 bridgehead atoms. The van der Waals surface area contributed by atoms with E-state index in [0.29, 0.717) is 6.42 Å². The fourth-order valence-corrected chi connectivity index (χ4v) is 2.31. The predicted molar refractivity (Wildman–Crippen MR) is 60.0 cm³/mol. The Hall–Kier alpha value is -1.08. The lowest BCUT2D eigenvalue weighted by molar-refractivity contribution is -0.136. The highest BCUT2D eigenvalue weighted by Crippen LogP contribution is 2.22. The van der Waals surface area contributed by atoms with Crippen LogP contribution in [0.4, 0.5) is 13.2 Å². The smallest absolute Gasteiger partial charge is 0.327 e. The summed E-state index contributed by atoms with van der Waals surface area (Å²) in [4.78, 5) is 5.11. The number of halogens is 3. The van der Waals surface area contributed by atoms with Gasteiger partial charge in [0.15, 0.2) is 4.96 Å². The zero-order valence-electron chi connectivity index (χ0n) is 8.94. The van der Waals surface area contributed by atoms with Crippen LogP contribution in [0.5, 0.6) is 0 Å². The number of aromatic nitrogens is 2. The van der Waals surface area contributed by atoms with Crippen LogP contribution in [-0.2, 0) is 6.42 Å². The van der Waals surface area contributed by atoms with Crippen LogP contribution in [-0.4, -0.2) is 21.6 Å². The highest BCUT2D eigenvalue weighted by atomic mass is 32.1. The van der Waals surface area contributed by atoms with Gasteiger partial charge in [0.2, 0.25) is 0 Å². The van der Waals surface area contributed by atoms with E-state index in [0.717, 1.165) is 10.7 Å². The summed E-state index contributed by atoms with van der Waals surface area (Å²) in [7, 11) is 0. The number of fused-ring (bicyclic) bond motifs is 1. The van der Waals surface area contributed by atoms with Crippen molar-refractivity contribution >= 4 is 16.3 Å². The number of alkyl halides is 3. The minimum atomic E-state index is -4.13. The number of hydrogen-bond acceptors (Lipinski definition) is 3. The molecule has 0 spiro atoms. The molecule has 7 heteroatoms. The van der Waals surface area contributed by atoms with Gasteiger partial charge in [-0.15, -0.1) is 11.3 Å². The first-order valence-corrected chi connectivity index (χ1v) is 6.05. The maximum atomic E-state index is 12.0. The molecule has 94 valence electrons. The standard InChI is InChI=1S/C10H12F3N3S/c11-10(12,13)2-1-7(14)5-8-6-16-3-4-17-9(16)15-8/h3-4,6-7H,1-2,5,14H2. The number of imidazole rings is 1. The van der Waals surface area contributed by atoms with E-state index >= 15 is 0 Å². The highest BCUT2D eigenvalue weighted by Gasteiger charge is 2.27. The average Bonchev–Trinajstić information content (AvgIpc) is 2.73. The van der Waals surface area contributed by atoms with Gasteiger partial charge in [0.25, 0.3) is 0 Å². The van der Waals surface area contributed by atoms with Gasteiger partial charge in [0.1, 0.15) is 0 Å². The summed E-state index contributed by atoms with van der Waals surface area (Å²) < 4.78 is 37.8. The first-order chi connectivity index (χ1) is 7.94. The van der Waals surface area contributed by atoms with Crippen LogP contribution in [0.3, 0.4) is 0 Å². The highest BCUT2D eigenvalue weighted by molar-refractivity contribution is 7.15. The van der Waals surface area contributed by atoms with Crippen molar-refractivity contribution in [2.75, 3.05) is 0 Å². The minimum Gasteiger partial charge on any atom is -0.327 e. The monoisotopic (exact) mass is 263 g/mol. The van der Waals surface area contributed by atoms with Gasteiger partial charge in [0.05, 0.1) is 5.69 Å². The molecule has 0 aliphatic heterocycles. The second kappa shape index (κ2) is 4.66. The lowest BCUT2D eigenvalue weighted by atomic mass is 10.1. The number of nitrogens with zero attached hydrogens (tertiary/aromatic N) is 2. The van der Waals surface area contributed by atoms with Crippen molar-refractivity contribution < 1.29 is 13.2 Å². The number of hydrogen-bond donors (Lipinski definition) is 1. The van der Waals surface area contributed by atoms with Gasteiger partial charge in [-0.05, 0) is 6.42 Å². The molecule has 0 radical (unpaired) electrons. The maximum Gasteiger partial charge on any atom is 0.389 e. The Morgan fingerprint density at radius 1 is 1.47 bits per heavy atom. The molecule has 2 aromatic heterocycles. The summed E-state index contributed by atoms with van der Waals surface area (Å²) in [6.07, 6.45) is -0.987. The van der Waals surface area contributed by atoms with Crippen LogP contribution < -0.4 is 5.73 Å². The summed E-state index contributed by atoms with van der Waals surface area (Å²) in [6.45, 7) is 0. The summed E-state index contributed by atoms with van der Waals surface area (Å²) in [5.41, 5.74) is 6.40. The van der Waals surface area contributed by atoms with E-state index in [9.17, 15) is 13.2 Å². The lowest BCUT2D eigenvalue weighted by Crippen LogP contribution is -2.25. The SMILES string of the molecule is NC(CCC(F)(F)F)Cc1cn2ccsc2n1. The summed E-state index contributed by atoms with van der Waals surface area (Å²) in [5, 5.41) is 1.90. The molecule has 0 saturated heterocycles. The molecule has 3 nitrogen and oxygen atoms in total. The van der Waals surface area contributed by atoms with E-state index in [1.165, 1.54) is 11.3 Å². The van der Waals surface area contributed by atoms with Gasteiger partial charge in [0, 0.05) is 36.7 Å². The Kier molecular flexibility index (Phi) is 3.39. The molecular formula is C10H12F3N3S. The largest absolute Gasteiger partial charge is 0.389 e. The molecule has 2 N–H and O–H groups in total. The van der Waals surface area contributed by atoms with E-state index in [1.807, 2.05) is 16.0 Å². The average molecular weight is 263 g/mol. The van der Waals surface area contributed by atoms with Crippen LogP contribution >= 0.6 is 11.3 Å². The molecule has 1 unspecified atom stereocenters. The number of nitrogens with two attached hydrogens (primary N) is 1. The lowest BCUT2D eigenvalue weighted by Gasteiger charge is -2.11. The van der Waals surface area contributed by atoms with Crippen LogP contribution in [0.25, 0.3) is 4.96 Å². The predicted octanol–water partition coefficient (Wildman–Crippen LogP) is 2.61. The maximum absolute atomic E-state index is 12.0. The van der Waals surface area contributed by atoms with Crippen molar-refractivity contribution in [2.45, 2.75) is 31.5 Å². The molecule has 2 aromatic rings. The second-order valence-corrected chi connectivity index (χ2v) is 4.82. The van der Waals surface area contributed by atoms with E-state index in [4.69, 9.17) is 5.73 Å². The zero-order chi connectivity index (χ0) is 12.5. The van der Waals surface area contributed by atoms with Gasteiger partial charge < -0.3 is 5.73 Å². The third kappa shape index (κ3) is 3.44. The third-order valence-electron chi connectivity index (χ3n) is 2.41. The molecule has 0 aromatic carbocycles. The molecule has 1 atom stereocenters. The Balaban J connectivity index is 1.90. The normalized spacial score (nSPS) is 14.4. The van der Waals surface area contributed by atoms with E-state index < -0.39 is 18.6 Å². The fraction of sp³-hybridized carbons (Fsp3) is 0.500. The third-order valence-corrected chi connectivity index (χ3v) is 3.18. The Morgan fingerprint density at radius 2 is 2.24 bits per heavy atom. The van der Waals surface area contributed by atoms with Gasteiger partial charge in [-0.3, -0.25) is 4.40 Å². The zero-order valence-corrected chi connectivity index (χ0v) is 9.76. The van der Waals surface area contributed by atoms with Crippen LogP contribution in [0.1, 0.15) is 18.5 Å². The molecule has 0 aliphatic rings. The molecule has 0 aliphatic carbocycles. The van der Waals surface area contributed by atoms with Gasteiger partial charge in [-0.25, -0.2) is 4.98 Å². The van der Waals surface area contributed by atoms with Gasteiger partial charge >= 0.3 is 6.18 Å². The summed E-state index contributed by atoms with van der Waals surface area (Å²) in [5.74, 6) is 0. The van der Waals surface area contributed by atoms with Crippen molar-refractivity contribution in [2.24, 2.45) is 5.73 Å². The van der Waals surface area contributed by atoms with Crippen molar-refractivity contribution in [3.8, 4) is 0 Å². The van der Waals surface area contributed by atoms with Crippen molar-refractivity contribution in [1.82, 2.24) is 9.38 Å². The topological polar surface area (TPSA) is 43.3 Å². The van der Waals surface area contributed by atoms with Crippen molar-refractivity contribution in [1.29, 1.82) is 0 Å². The Labute approximate surface area is 100 Å². The number of thiazole rings is 1. The first-order valence-electron chi connectivity index (χ1n) is 5.17. The van der Waals surface area contributed by atoms with E-state index in [2.05, 4.69) is 4.98 Å². The van der Waals surface area contributed by atoms with Crippen molar-refractivity contribution in [3.63, 3.8) is 0 Å². The minimum absolute atomic E-state index is 0.0608. The first kappa shape index (κ1) is 12.4. The molecule has 17 heavy (non-hydrogen) atoms. The Morgan fingerprint density at radius 3 is 2.88 bits per heavy atom. The summed E-state index contributed by atoms with van der Waals surface area (Å²) in [6, 6.07) is -0.499. The van der Waals surface area contributed by atoms with Crippen LogP contribution in [0.15, 0.2) is 17.8 Å². The fourth-order valence-electron chi connectivity index (χ4n) is 1.59. The quantitative estimate of drug-likeness (QED) is 0.921. The van der Waals surface area contributed by atoms with Gasteiger partial charge in [-0.1, -0.05) is 0 Å². The Bertz CT molecular complexity index is 460. The number of rotatable bonds is 4. The van der Waals surface area contributed by atoms with Crippen LogP contribution in [0.2, 0.25) is 0 Å². The van der Waals surface area contributed by atoms with E-state index in [1.54, 1.807) is 6.20 Å². The van der Waals surface area contributed by atoms with Crippen LogP contribution in [0, 0.1) is 0 Å². The molecule has 0 saturated carbocycles. The van der Waals surface area contributed by atoms with Gasteiger partial charge in [-0.2, -0.15) is 13.2 Å². The molecule has 2 rings (SSSR count). The molecular weight excluding hydrogens is 251 g/mol.